The molecule has 0 aliphatic heterocycles. The third kappa shape index (κ3) is 4.61. The summed E-state index contributed by atoms with van der Waals surface area (Å²) in [7, 11) is 2.02. The van der Waals surface area contributed by atoms with Crippen LogP contribution in [0.5, 0.6) is 5.75 Å². The first-order chi connectivity index (χ1) is 10.2. The van der Waals surface area contributed by atoms with E-state index in [1.165, 1.54) is 16.7 Å². The molecule has 2 aromatic carbocycles. The van der Waals surface area contributed by atoms with Crippen molar-refractivity contribution in [3.8, 4) is 5.75 Å². The van der Waals surface area contributed by atoms with Crippen molar-refractivity contribution in [2.75, 3.05) is 13.7 Å². The van der Waals surface area contributed by atoms with Crippen molar-refractivity contribution in [2.45, 2.75) is 32.7 Å². The normalized spacial score (nSPS) is 12.1. The fourth-order valence-corrected chi connectivity index (χ4v) is 2.51. The molecule has 2 heteroatoms. The van der Waals surface area contributed by atoms with E-state index >= 15 is 0 Å². The predicted octanol–water partition coefficient (Wildman–Crippen LogP) is 4.29. The summed E-state index contributed by atoms with van der Waals surface area (Å²) in [6, 6.07) is 17.6. The van der Waals surface area contributed by atoms with Crippen LogP contribution in [0, 0.1) is 6.92 Å². The molecule has 1 unspecified atom stereocenters. The highest BCUT2D eigenvalue weighted by Crippen LogP contribution is 2.22. The second-order valence-electron chi connectivity index (χ2n) is 5.37. The smallest absolute Gasteiger partial charge is 0.119 e. The topological polar surface area (TPSA) is 21.3 Å². The number of hydrogen-bond donors (Lipinski definition) is 1. The molecule has 0 amide bonds. The molecule has 2 aromatic rings. The van der Waals surface area contributed by atoms with Crippen molar-refractivity contribution < 1.29 is 4.74 Å². The summed E-state index contributed by atoms with van der Waals surface area (Å²) >= 11 is 0. The van der Waals surface area contributed by atoms with E-state index in [4.69, 9.17) is 4.74 Å². The lowest BCUT2D eigenvalue weighted by atomic mass is 9.98. The van der Waals surface area contributed by atoms with Gasteiger partial charge in [0.2, 0.25) is 0 Å². The van der Waals surface area contributed by atoms with Gasteiger partial charge in [0.15, 0.2) is 0 Å². The lowest BCUT2D eigenvalue weighted by molar-refractivity contribution is 0.340. The lowest BCUT2D eigenvalue weighted by Gasteiger charge is -2.17. The van der Waals surface area contributed by atoms with Crippen LogP contribution in [-0.4, -0.2) is 13.7 Å². The van der Waals surface area contributed by atoms with Gasteiger partial charge in [-0.25, -0.2) is 0 Å². The van der Waals surface area contributed by atoms with E-state index in [-0.39, 0.29) is 0 Å². The van der Waals surface area contributed by atoms with Gasteiger partial charge in [-0.1, -0.05) is 42.0 Å². The Balaban J connectivity index is 1.97. The highest BCUT2D eigenvalue weighted by atomic mass is 16.5. The molecule has 112 valence electrons. The van der Waals surface area contributed by atoms with E-state index < -0.39 is 0 Å². The molecule has 2 nitrogen and oxygen atoms in total. The molecule has 0 saturated carbocycles. The maximum Gasteiger partial charge on any atom is 0.119 e. The third-order valence-electron chi connectivity index (χ3n) is 3.78. The Morgan fingerprint density at radius 2 is 1.67 bits per heavy atom. The van der Waals surface area contributed by atoms with Gasteiger partial charge in [0.25, 0.3) is 0 Å². The van der Waals surface area contributed by atoms with Gasteiger partial charge in [0, 0.05) is 6.04 Å². The predicted molar refractivity (Wildman–Crippen MR) is 88.9 cm³/mol. The lowest BCUT2D eigenvalue weighted by Crippen LogP contribution is -2.17. The minimum Gasteiger partial charge on any atom is -0.494 e. The van der Waals surface area contributed by atoms with Gasteiger partial charge in [-0.2, -0.15) is 0 Å². The van der Waals surface area contributed by atoms with E-state index in [1.54, 1.807) is 0 Å². The van der Waals surface area contributed by atoms with Gasteiger partial charge in [0.05, 0.1) is 6.61 Å². The first kappa shape index (κ1) is 15.6. The molecule has 2 rings (SSSR count). The maximum absolute atomic E-state index is 5.49. The number of nitrogens with one attached hydrogen (secondary N) is 1. The van der Waals surface area contributed by atoms with Crippen LogP contribution in [0.1, 0.15) is 36.1 Å². The fourth-order valence-electron chi connectivity index (χ4n) is 2.51. The summed E-state index contributed by atoms with van der Waals surface area (Å²) in [6.07, 6.45) is 2.17. The fraction of sp³-hybridized carbons (Fsp3) is 0.368. The molecule has 0 aromatic heterocycles. The van der Waals surface area contributed by atoms with Crippen molar-refractivity contribution in [2.24, 2.45) is 0 Å². The number of hydrogen-bond acceptors (Lipinski definition) is 2. The van der Waals surface area contributed by atoms with Crippen LogP contribution in [-0.2, 0) is 6.42 Å². The van der Waals surface area contributed by atoms with Crippen molar-refractivity contribution in [3.05, 3.63) is 65.2 Å². The van der Waals surface area contributed by atoms with Crippen molar-refractivity contribution >= 4 is 0 Å². The number of aryl methyl sites for hydroxylation is 2. The van der Waals surface area contributed by atoms with E-state index in [0.29, 0.717) is 12.6 Å². The van der Waals surface area contributed by atoms with Crippen LogP contribution in [0.2, 0.25) is 0 Å². The maximum atomic E-state index is 5.49. The van der Waals surface area contributed by atoms with Crippen LogP contribution in [0.3, 0.4) is 0 Å². The SMILES string of the molecule is CCOc1ccc(C(CCc2ccc(C)cc2)NC)cc1. The molecule has 0 fully saturated rings. The van der Waals surface area contributed by atoms with E-state index in [0.717, 1.165) is 18.6 Å². The molecular weight excluding hydrogens is 258 g/mol. The molecule has 0 aliphatic rings. The zero-order valence-electron chi connectivity index (χ0n) is 13.2. The summed E-state index contributed by atoms with van der Waals surface area (Å²) in [5, 5.41) is 3.41. The summed E-state index contributed by atoms with van der Waals surface area (Å²) in [5.74, 6) is 0.939. The Labute approximate surface area is 128 Å². The minimum atomic E-state index is 0.377. The molecule has 0 spiro atoms. The molecule has 0 radical (unpaired) electrons. The monoisotopic (exact) mass is 283 g/mol. The summed E-state index contributed by atoms with van der Waals surface area (Å²) in [4.78, 5) is 0. The van der Waals surface area contributed by atoms with E-state index in [2.05, 4.69) is 60.8 Å². The van der Waals surface area contributed by atoms with Gasteiger partial charge in [-0.3, -0.25) is 0 Å². The molecule has 21 heavy (non-hydrogen) atoms. The average Bonchev–Trinajstić information content (AvgIpc) is 2.51. The standard InChI is InChI=1S/C19H25NO/c1-4-21-18-12-10-17(11-13-18)19(20-3)14-9-16-7-5-15(2)6-8-16/h5-8,10-13,19-20H,4,9,14H2,1-3H3. The van der Waals surface area contributed by atoms with Crippen LogP contribution in [0.4, 0.5) is 0 Å². The van der Waals surface area contributed by atoms with E-state index in [9.17, 15) is 0 Å². The number of ether oxygens (including phenoxy) is 1. The Bertz CT molecular complexity index is 530. The van der Waals surface area contributed by atoms with Crippen molar-refractivity contribution in [1.29, 1.82) is 0 Å². The summed E-state index contributed by atoms with van der Waals surface area (Å²) < 4.78 is 5.49. The third-order valence-corrected chi connectivity index (χ3v) is 3.78. The van der Waals surface area contributed by atoms with Crippen molar-refractivity contribution in [1.82, 2.24) is 5.32 Å². The largest absolute Gasteiger partial charge is 0.494 e. The molecule has 0 heterocycles. The van der Waals surface area contributed by atoms with Gasteiger partial charge in [-0.05, 0) is 57.0 Å². The van der Waals surface area contributed by atoms with Gasteiger partial charge >= 0.3 is 0 Å². The Hall–Kier alpha value is -1.80. The van der Waals surface area contributed by atoms with Gasteiger partial charge in [0.1, 0.15) is 5.75 Å². The minimum absolute atomic E-state index is 0.377. The second kappa shape index (κ2) is 7.84. The highest BCUT2D eigenvalue weighted by molar-refractivity contribution is 5.29. The molecule has 1 N–H and O–H groups in total. The molecule has 0 aliphatic carbocycles. The van der Waals surface area contributed by atoms with Crippen LogP contribution in [0.25, 0.3) is 0 Å². The highest BCUT2D eigenvalue weighted by Gasteiger charge is 2.09. The Morgan fingerprint density at radius 1 is 1.00 bits per heavy atom. The molecule has 0 bridgehead atoms. The first-order valence-corrected chi connectivity index (χ1v) is 7.68. The van der Waals surface area contributed by atoms with E-state index in [1.807, 2.05) is 14.0 Å². The number of rotatable bonds is 7. The summed E-state index contributed by atoms with van der Waals surface area (Å²) in [5.41, 5.74) is 4.02. The van der Waals surface area contributed by atoms with Gasteiger partial charge in [-0.15, -0.1) is 0 Å². The second-order valence-corrected chi connectivity index (χ2v) is 5.37. The van der Waals surface area contributed by atoms with Gasteiger partial charge < -0.3 is 10.1 Å². The quantitative estimate of drug-likeness (QED) is 0.818. The molecule has 1 atom stereocenters. The Kier molecular flexibility index (Phi) is 5.82. The van der Waals surface area contributed by atoms with Crippen molar-refractivity contribution in [3.63, 3.8) is 0 Å². The van der Waals surface area contributed by atoms with Crippen LogP contribution < -0.4 is 10.1 Å². The van der Waals surface area contributed by atoms with Crippen LogP contribution in [0.15, 0.2) is 48.5 Å². The first-order valence-electron chi connectivity index (χ1n) is 7.68. The van der Waals surface area contributed by atoms with Crippen LogP contribution >= 0.6 is 0 Å². The molecular formula is C19H25NO. The number of benzene rings is 2. The zero-order chi connectivity index (χ0) is 15.1. The average molecular weight is 283 g/mol. The summed E-state index contributed by atoms with van der Waals surface area (Å²) in [6.45, 7) is 4.84. The Morgan fingerprint density at radius 3 is 2.24 bits per heavy atom. The zero-order valence-corrected chi connectivity index (χ0v) is 13.2. The molecule has 0 saturated heterocycles.